The number of aromatic hydroxyl groups is 1. The van der Waals surface area contributed by atoms with Gasteiger partial charge in [0, 0.05) is 5.56 Å². The van der Waals surface area contributed by atoms with Gasteiger partial charge in [-0.05, 0) is 30.2 Å². The Morgan fingerprint density at radius 1 is 1.54 bits per heavy atom. The summed E-state index contributed by atoms with van der Waals surface area (Å²) < 4.78 is 0. The van der Waals surface area contributed by atoms with Crippen LogP contribution in [-0.4, -0.2) is 11.1 Å². The second-order valence-electron chi connectivity index (χ2n) is 2.48. The number of carboxylic acids is 1. The summed E-state index contributed by atoms with van der Waals surface area (Å²) in [5.74, 6) is -1.12. The van der Waals surface area contributed by atoms with E-state index in [0.29, 0.717) is 12.0 Å². The van der Waals surface area contributed by atoms with Crippen LogP contribution in [-0.2, 0) is 6.42 Å². The number of carbonyl (C=O) groups excluding carboxylic acids is 1. The van der Waals surface area contributed by atoms with Crippen molar-refractivity contribution in [2.75, 3.05) is 0 Å². The van der Waals surface area contributed by atoms with E-state index in [1.54, 1.807) is 0 Å². The van der Waals surface area contributed by atoms with Gasteiger partial charge in [0.25, 0.3) is 0 Å². The van der Waals surface area contributed by atoms with Crippen LogP contribution in [0, 0.1) is 0 Å². The number of hydrogen-bond acceptors (Lipinski definition) is 3. The maximum atomic E-state index is 10.5. The minimum atomic E-state index is -1.20. The third-order valence-electron chi connectivity index (χ3n) is 1.69. The molecule has 0 aromatic heterocycles. The molecule has 0 saturated carbocycles. The summed E-state index contributed by atoms with van der Waals surface area (Å²) in [7, 11) is 0. The molecule has 0 saturated heterocycles. The Morgan fingerprint density at radius 2 is 2.15 bits per heavy atom. The van der Waals surface area contributed by atoms with Crippen molar-refractivity contribution in [3.05, 3.63) is 29.3 Å². The normalized spacial score (nSPS) is 9.00. The maximum absolute atomic E-state index is 10.5. The van der Waals surface area contributed by atoms with E-state index in [4.69, 9.17) is 5.11 Å². The second-order valence-corrected chi connectivity index (χ2v) is 2.48. The SMILES string of the molecule is CCc1cc(O)ccc1C(=O)[O-].[K+]. The molecule has 1 aromatic rings. The van der Waals surface area contributed by atoms with Gasteiger partial charge in [0.15, 0.2) is 0 Å². The molecule has 13 heavy (non-hydrogen) atoms. The molecule has 0 heterocycles. The van der Waals surface area contributed by atoms with Gasteiger partial charge in [-0.15, -0.1) is 0 Å². The van der Waals surface area contributed by atoms with Gasteiger partial charge in [-0.3, -0.25) is 0 Å². The number of benzene rings is 1. The molecular formula is C9H9KO3. The Balaban J connectivity index is 0.00000144. The summed E-state index contributed by atoms with van der Waals surface area (Å²) in [6.07, 6.45) is 0.567. The number of rotatable bonds is 2. The molecule has 0 amide bonds. The number of hydrogen-bond donors (Lipinski definition) is 1. The number of aryl methyl sites for hydroxylation is 1. The minimum Gasteiger partial charge on any atom is -0.545 e. The van der Waals surface area contributed by atoms with Gasteiger partial charge in [0.1, 0.15) is 5.75 Å². The third-order valence-corrected chi connectivity index (χ3v) is 1.69. The average Bonchev–Trinajstić information content (AvgIpc) is 2.03. The number of aromatic carboxylic acids is 1. The van der Waals surface area contributed by atoms with Gasteiger partial charge in [0.2, 0.25) is 0 Å². The van der Waals surface area contributed by atoms with Gasteiger partial charge in [-0.1, -0.05) is 6.92 Å². The van der Waals surface area contributed by atoms with Crippen molar-refractivity contribution in [3.63, 3.8) is 0 Å². The molecule has 0 aliphatic heterocycles. The molecule has 0 aliphatic rings. The van der Waals surface area contributed by atoms with E-state index in [1.807, 2.05) is 6.92 Å². The topological polar surface area (TPSA) is 60.4 Å². The Kier molecular flexibility index (Phi) is 5.83. The number of phenolic OH excluding ortho intramolecular Hbond substituents is 1. The van der Waals surface area contributed by atoms with Gasteiger partial charge in [-0.25, -0.2) is 0 Å². The molecule has 4 heteroatoms. The fourth-order valence-electron chi connectivity index (χ4n) is 1.07. The first kappa shape index (κ1) is 13.1. The van der Waals surface area contributed by atoms with Crippen molar-refractivity contribution < 1.29 is 66.4 Å². The Labute approximate surface area is 119 Å². The summed E-state index contributed by atoms with van der Waals surface area (Å²) in [4.78, 5) is 10.5. The van der Waals surface area contributed by atoms with Gasteiger partial charge < -0.3 is 15.0 Å². The number of carboxylic acid groups (broad SMARTS) is 1. The number of carbonyl (C=O) groups is 1. The predicted octanol–water partition coefficient (Wildman–Crippen LogP) is -2.68. The van der Waals surface area contributed by atoms with E-state index >= 15 is 0 Å². The van der Waals surface area contributed by atoms with Crippen LogP contribution in [0.3, 0.4) is 0 Å². The molecule has 1 N–H and O–H groups in total. The van der Waals surface area contributed by atoms with Crippen molar-refractivity contribution in [2.45, 2.75) is 13.3 Å². The van der Waals surface area contributed by atoms with Crippen molar-refractivity contribution in [2.24, 2.45) is 0 Å². The van der Waals surface area contributed by atoms with Crippen LogP contribution in [0.4, 0.5) is 0 Å². The van der Waals surface area contributed by atoms with Crippen LogP contribution >= 0.6 is 0 Å². The smallest absolute Gasteiger partial charge is 0.545 e. The molecular weight excluding hydrogens is 195 g/mol. The summed E-state index contributed by atoms with van der Waals surface area (Å²) >= 11 is 0. The molecule has 1 aromatic carbocycles. The molecule has 0 fully saturated rings. The molecule has 3 nitrogen and oxygen atoms in total. The first-order chi connectivity index (χ1) is 5.65. The maximum Gasteiger partial charge on any atom is 1.00 e. The van der Waals surface area contributed by atoms with Crippen molar-refractivity contribution in [3.8, 4) is 5.75 Å². The fraction of sp³-hybridized carbons (Fsp3) is 0.222. The molecule has 64 valence electrons. The molecule has 0 aliphatic carbocycles. The average molecular weight is 204 g/mol. The third kappa shape index (κ3) is 3.40. The molecule has 0 unspecified atom stereocenters. The van der Waals surface area contributed by atoms with Crippen molar-refractivity contribution in [1.82, 2.24) is 0 Å². The zero-order valence-electron chi connectivity index (χ0n) is 7.70. The summed E-state index contributed by atoms with van der Waals surface area (Å²) in [6, 6.07) is 4.12. The zero-order valence-corrected chi connectivity index (χ0v) is 10.8. The van der Waals surface area contributed by atoms with E-state index < -0.39 is 5.97 Å². The van der Waals surface area contributed by atoms with Gasteiger partial charge in [-0.2, -0.15) is 0 Å². The first-order valence-corrected chi connectivity index (χ1v) is 3.68. The molecule has 0 atom stereocenters. The van der Waals surface area contributed by atoms with Crippen LogP contribution in [0.1, 0.15) is 22.8 Å². The quantitative estimate of drug-likeness (QED) is 0.534. The molecule has 1 rings (SSSR count). The molecule has 0 bridgehead atoms. The zero-order chi connectivity index (χ0) is 9.14. The van der Waals surface area contributed by atoms with E-state index in [0.717, 1.165) is 0 Å². The summed E-state index contributed by atoms with van der Waals surface area (Å²) in [6.45, 7) is 1.82. The van der Waals surface area contributed by atoms with Gasteiger partial charge >= 0.3 is 51.4 Å². The van der Waals surface area contributed by atoms with Crippen LogP contribution in [0.25, 0.3) is 0 Å². The van der Waals surface area contributed by atoms with Crippen LogP contribution < -0.4 is 56.5 Å². The molecule has 0 spiro atoms. The fourth-order valence-corrected chi connectivity index (χ4v) is 1.07. The summed E-state index contributed by atoms with van der Waals surface area (Å²) in [5.41, 5.74) is 0.741. The minimum absolute atomic E-state index is 0. The Hall–Kier alpha value is 0.126. The summed E-state index contributed by atoms with van der Waals surface area (Å²) in [5, 5.41) is 19.5. The standard InChI is InChI=1S/C9H10O3.K/c1-2-6-5-7(10)3-4-8(6)9(11)12;/h3-5,10H,2H2,1H3,(H,11,12);/q;+1/p-1. The second kappa shape index (κ2) is 5.77. The van der Waals surface area contributed by atoms with Crippen molar-refractivity contribution >= 4 is 5.97 Å². The molecule has 0 radical (unpaired) electrons. The first-order valence-electron chi connectivity index (χ1n) is 3.68. The van der Waals surface area contributed by atoms with E-state index in [-0.39, 0.29) is 62.7 Å². The van der Waals surface area contributed by atoms with Crippen LogP contribution in [0.2, 0.25) is 0 Å². The Morgan fingerprint density at radius 3 is 2.62 bits per heavy atom. The number of phenols is 1. The van der Waals surface area contributed by atoms with E-state index in [1.165, 1.54) is 18.2 Å². The van der Waals surface area contributed by atoms with Crippen LogP contribution in [0.5, 0.6) is 5.75 Å². The largest absolute Gasteiger partial charge is 1.00 e. The monoisotopic (exact) mass is 204 g/mol. The van der Waals surface area contributed by atoms with Gasteiger partial charge in [0.05, 0.1) is 5.97 Å². The van der Waals surface area contributed by atoms with E-state index in [9.17, 15) is 9.90 Å². The van der Waals surface area contributed by atoms with Crippen molar-refractivity contribution in [1.29, 1.82) is 0 Å². The van der Waals surface area contributed by atoms with E-state index in [2.05, 4.69) is 0 Å². The predicted molar refractivity (Wildman–Crippen MR) is 41.8 cm³/mol. The van der Waals surface area contributed by atoms with Crippen LogP contribution in [0.15, 0.2) is 18.2 Å². The Bertz CT molecular complexity index is 310.